The van der Waals surface area contributed by atoms with Crippen molar-refractivity contribution < 1.29 is 28.6 Å². The van der Waals surface area contributed by atoms with Gasteiger partial charge in [0.15, 0.2) is 17.7 Å². The van der Waals surface area contributed by atoms with Gasteiger partial charge in [0.2, 0.25) is 5.91 Å². The molecule has 2 amide bonds. The molecule has 0 saturated carbocycles. The highest BCUT2D eigenvalue weighted by Gasteiger charge is 2.41. The molecule has 1 atom stereocenters. The molecule has 1 aromatic carbocycles. The minimum Gasteiger partial charge on any atom is -0.479 e. The number of rotatable bonds is 5. The summed E-state index contributed by atoms with van der Waals surface area (Å²) in [6.45, 7) is 5.75. The fraction of sp³-hybridized carbons (Fsp3) is 0.591. The zero-order valence-corrected chi connectivity index (χ0v) is 17.5. The maximum absolute atomic E-state index is 13.0. The van der Waals surface area contributed by atoms with Crippen LogP contribution in [-0.4, -0.2) is 67.2 Å². The molecule has 8 heteroatoms. The van der Waals surface area contributed by atoms with E-state index < -0.39 is 11.9 Å². The monoisotopic (exact) mass is 416 g/mol. The van der Waals surface area contributed by atoms with Crippen molar-refractivity contribution in [2.24, 2.45) is 0 Å². The van der Waals surface area contributed by atoms with Crippen molar-refractivity contribution in [2.75, 3.05) is 37.7 Å². The predicted molar refractivity (Wildman–Crippen MR) is 109 cm³/mol. The quantitative estimate of drug-likeness (QED) is 0.684. The van der Waals surface area contributed by atoms with Crippen LogP contribution >= 0.6 is 0 Å². The first-order valence-electron chi connectivity index (χ1n) is 10.6. The molecule has 30 heavy (non-hydrogen) atoms. The Bertz CT molecular complexity index is 838. The van der Waals surface area contributed by atoms with Gasteiger partial charge in [-0.3, -0.25) is 19.3 Å². The molecule has 2 saturated heterocycles. The van der Waals surface area contributed by atoms with Gasteiger partial charge in [0.25, 0.3) is 5.91 Å². The minimum atomic E-state index is -0.688. The number of piperidine rings is 1. The van der Waals surface area contributed by atoms with Gasteiger partial charge in [-0.05, 0) is 31.5 Å². The number of carbonyl (C=O) groups excluding carboxylic acids is 3. The smallest absolute Gasteiger partial charge is 0.268 e. The molecular weight excluding hydrogens is 388 g/mol. The summed E-state index contributed by atoms with van der Waals surface area (Å²) in [5.41, 5.74) is 0.999. The number of benzene rings is 1. The summed E-state index contributed by atoms with van der Waals surface area (Å²) in [5.74, 6) is -0.460. The Balaban J connectivity index is 1.50. The topological polar surface area (TPSA) is 85.4 Å². The van der Waals surface area contributed by atoms with Crippen LogP contribution in [0.5, 0.6) is 5.75 Å². The van der Waals surface area contributed by atoms with E-state index in [1.54, 1.807) is 30.0 Å². The molecule has 0 radical (unpaired) electrons. The summed E-state index contributed by atoms with van der Waals surface area (Å²) in [4.78, 5) is 41.3. The van der Waals surface area contributed by atoms with Crippen LogP contribution in [0.15, 0.2) is 18.2 Å². The molecule has 0 bridgehead atoms. The highest BCUT2D eigenvalue weighted by Crippen LogP contribution is 2.36. The Labute approximate surface area is 176 Å². The maximum Gasteiger partial charge on any atom is 0.268 e. The zero-order valence-electron chi connectivity index (χ0n) is 17.5. The lowest BCUT2D eigenvalue weighted by Gasteiger charge is -2.39. The zero-order chi connectivity index (χ0) is 21.3. The SMILES string of the molecule is CCCC(=O)c1ccc2c(c1)N(CC(=O)N1CCC3(CC1)OCCO3)C(=O)C(C)O2. The number of fused-ring (bicyclic) bond motifs is 1. The molecule has 4 rings (SSSR count). The van der Waals surface area contributed by atoms with E-state index in [4.69, 9.17) is 14.2 Å². The van der Waals surface area contributed by atoms with E-state index in [1.165, 1.54) is 4.90 Å². The van der Waals surface area contributed by atoms with Gasteiger partial charge in [0.05, 0.1) is 18.9 Å². The maximum atomic E-state index is 13.0. The van der Waals surface area contributed by atoms with Gasteiger partial charge in [-0.25, -0.2) is 0 Å². The molecule has 1 unspecified atom stereocenters. The second kappa shape index (κ2) is 8.35. The lowest BCUT2D eigenvalue weighted by molar-refractivity contribution is -0.187. The molecule has 8 nitrogen and oxygen atoms in total. The largest absolute Gasteiger partial charge is 0.479 e. The van der Waals surface area contributed by atoms with E-state index in [0.29, 0.717) is 62.6 Å². The Morgan fingerprint density at radius 1 is 1.17 bits per heavy atom. The Hall–Kier alpha value is -2.45. The number of carbonyl (C=O) groups is 3. The number of ketones is 1. The van der Waals surface area contributed by atoms with Crippen LogP contribution in [0.3, 0.4) is 0 Å². The number of Topliss-reactive ketones (excluding diaryl/α,β-unsaturated/α-hetero) is 1. The van der Waals surface area contributed by atoms with E-state index in [1.807, 2.05) is 6.92 Å². The Morgan fingerprint density at radius 3 is 2.53 bits per heavy atom. The minimum absolute atomic E-state index is 0.00976. The average Bonchev–Trinajstić information content (AvgIpc) is 3.19. The molecule has 0 aromatic heterocycles. The van der Waals surface area contributed by atoms with Crippen LogP contribution in [-0.2, 0) is 19.1 Å². The number of hydrogen-bond donors (Lipinski definition) is 0. The van der Waals surface area contributed by atoms with Crippen LogP contribution in [0.25, 0.3) is 0 Å². The summed E-state index contributed by atoms with van der Waals surface area (Å²) in [6, 6.07) is 5.08. The third-order valence-corrected chi connectivity index (χ3v) is 5.95. The van der Waals surface area contributed by atoms with Crippen LogP contribution in [0.4, 0.5) is 5.69 Å². The van der Waals surface area contributed by atoms with Gasteiger partial charge in [-0.2, -0.15) is 0 Å². The van der Waals surface area contributed by atoms with Crippen LogP contribution in [0, 0.1) is 0 Å². The van der Waals surface area contributed by atoms with E-state index in [2.05, 4.69) is 0 Å². The van der Waals surface area contributed by atoms with Crippen molar-refractivity contribution in [3.63, 3.8) is 0 Å². The van der Waals surface area contributed by atoms with Gasteiger partial charge >= 0.3 is 0 Å². The van der Waals surface area contributed by atoms with Crippen LogP contribution < -0.4 is 9.64 Å². The second-order valence-electron chi connectivity index (χ2n) is 8.03. The van der Waals surface area contributed by atoms with E-state index in [-0.39, 0.29) is 24.1 Å². The van der Waals surface area contributed by atoms with Gasteiger partial charge < -0.3 is 19.1 Å². The molecule has 3 aliphatic rings. The highest BCUT2D eigenvalue weighted by atomic mass is 16.7. The fourth-order valence-electron chi connectivity index (χ4n) is 4.23. The second-order valence-corrected chi connectivity index (χ2v) is 8.03. The number of anilines is 1. The van der Waals surface area contributed by atoms with Crippen molar-refractivity contribution in [1.82, 2.24) is 4.90 Å². The average molecular weight is 416 g/mol. The first kappa shape index (κ1) is 20.8. The predicted octanol–water partition coefficient (Wildman–Crippen LogP) is 2.15. The molecule has 0 aliphatic carbocycles. The van der Waals surface area contributed by atoms with Crippen molar-refractivity contribution in [1.29, 1.82) is 0 Å². The van der Waals surface area contributed by atoms with Gasteiger partial charge in [0.1, 0.15) is 12.3 Å². The van der Waals surface area contributed by atoms with Crippen LogP contribution in [0.2, 0.25) is 0 Å². The number of amides is 2. The van der Waals surface area contributed by atoms with Crippen molar-refractivity contribution in [3.05, 3.63) is 23.8 Å². The first-order chi connectivity index (χ1) is 14.4. The van der Waals surface area contributed by atoms with Crippen molar-refractivity contribution in [3.8, 4) is 5.75 Å². The molecule has 0 N–H and O–H groups in total. The summed E-state index contributed by atoms with van der Waals surface area (Å²) in [5, 5.41) is 0. The Morgan fingerprint density at radius 2 is 1.87 bits per heavy atom. The molecule has 1 spiro atoms. The number of ether oxygens (including phenoxy) is 3. The summed E-state index contributed by atoms with van der Waals surface area (Å²) in [6.07, 6.45) is 1.74. The highest BCUT2D eigenvalue weighted by molar-refractivity contribution is 6.05. The summed E-state index contributed by atoms with van der Waals surface area (Å²) in [7, 11) is 0. The molecular formula is C22H28N2O6. The third kappa shape index (κ3) is 3.94. The normalized spacial score (nSPS) is 22.7. The van der Waals surface area contributed by atoms with Gasteiger partial charge in [0, 0.05) is 37.9 Å². The van der Waals surface area contributed by atoms with Crippen molar-refractivity contribution >= 4 is 23.3 Å². The summed E-state index contributed by atoms with van der Waals surface area (Å²) >= 11 is 0. The van der Waals surface area contributed by atoms with E-state index >= 15 is 0 Å². The number of nitrogens with zero attached hydrogens (tertiary/aromatic N) is 2. The molecule has 162 valence electrons. The first-order valence-corrected chi connectivity index (χ1v) is 10.6. The molecule has 3 heterocycles. The van der Waals surface area contributed by atoms with Crippen LogP contribution in [0.1, 0.15) is 49.9 Å². The van der Waals surface area contributed by atoms with E-state index in [9.17, 15) is 14.4 Å². The summed E-state index contributed by atoms with van der Waals surface area (Å²) < 4.78 is 17.1. The molecule has 2 fully saturated rings. The molecule has 3 aliphatic heterocycles. The Kier molecular flexibility index (Phi) is 5.79. The lowest BCUT2D eigenvalue weighted by Crippen LogP contribution is -2.53. The third-order valence-electron chi connectivity index (χ3n) is 5.95. The van der Waals surface area contributed by atoms with Crippen molar-refractivity contribution in [2.45, 2.75) is 51.4 Å². The van der Waals surface area contributed by atoms with Gasteiger partial charge in [-0.15, -0.1) is 0 Å². The van der Waals surface area contributed by atoms with E-state index in [0.717, 1.165) is 6.42 Å². The molecule has 1 aromatic rings. The standard InChI is InChI=1S/C22H28N2O6/c1-3-4-18(25)16-5-6-19-17(13-16)24(21(27)15(2)30-19)14-20(26)23-9-7-22(8-10-23)28-11-12-29-22/h5-6,13,15H,3-4,7-12,14H2,1-2H3. The lowest BCUT2D eigenvalue weighted by atomic mass is 10.0. The van der Waals surface area contributed by atoms with Gasteiger partial charge in [-0.1, -0.05) is 6.92 Å². The number of hydrogen-bond acceptors (Lipinski definition) is 6. The number of likely N-dealkylation sites (tertiary alicyclic amines) is 1. The fourth-order valence-corrected chi connectivity index (χ4v) is 4.23.